The molecule has 2 rings (SSSR count). The molecule has 4 unspecified atom stereocenters. The Bertz CT molecular complexity index is 169. The molecular formula is C8H12O3. The molecule has 3 heteroatoms. The monoisotopic (exact) mass is 156 g/mol. The van der Waals surface area contributed by atoms with Gasteiger partial charge < -0.3 is 9.47 Å². The molecule has 1 heterocycles. The quantitative estimate of drug-likeness (QED) is 0.437. The van der Waals surface area contributed by atoms with Crippen molar-refractivity contribution in [1.29, 1.82) is 0 Å². The molecule has 3 nitrogen and oxygen atoms in total. The lowest BCUT2D eigenvalue weighted by atomic mass is 9.89. The van der Waals surface area contributed by atoms with Crippen LogP contribution in [0.1, 0.15) is 19.8 Å². The summed E-state index contributed by atoms with van der Waals surface area (Å²) in [5.74, 6) is 0.554. The van der Waals surface area contributed by atoms with Crippen LogP contribution in [0.15, 0.2) is 0 Å². The van der Waals surface area contributed by atoms with E-state index in [1.54, 1.807) is 0 Å². The molecular weight excluding hydrogens is 144 g/mol. The molecule has 1 saturated carbocycles. The molecule has 1 saturated heterocycles. The minimum atomic E-state index is 0.103. The first kappa shape index (κ1) is 7.10. The molecule has 0 radical (unpaired) electrons. The van der Waals surface area contributed by atoms with E-state index in [1.165, 1.54) is 0 Å². The van der Waals surface area contributed by atoms with Crippen LogP contribution in [0.5, 0.6) is 0 Å². The van der Waals surface area contributed by atoms with E-state index in [0.29, 0.717) is 24.6 Å². The Morgan fingerprint density at radius 2 is 2.36 bits per heavy atom. The molecule has 0 bridgehead atoms. The summed E-state index contributed by atoms with van der Waals surface area (Å²) in [5, 5.41) is 0. The first-order chi connectivity index (χ1) is 5.31. The van der Waals surface area contributed by atoms with Gasteiger partial charge in [-0.05, 0) is 12.3 Å². The van der Waals surface area contributed by atoms with Crippen molar-refractivity contribution < 1.29 is 14.3 Å². The summed E-state index contributed by atoms with van der Waals surface area (Å²) in [5.41, 5.74) is 0. The summed E-state index contributed by atoms with van der Waals surface area (Å²) in [6, 6.07) is 0. The average Bonchev–Trinajstić information content (AvgIpc) is 2.67. The highest BCUT2D eigenvalue weighted by Gasteiger charge is 2.49. The van der Waals surface area contributed by atoms with E-state index in [0.717, 1.165) is 12.8 Å². The molecule has 0 N–H and O–H groups in total. The molecule has 4 atom stereocenters. The van der Waals surface area contributed by atoms with Crippen LogP contribution >= 0.6 is 0 Å². The smallest absolute Gasteiger partial charge is 0.293 e. The zero-order chi connectivity index (χ0) is 7.84. The number of hydrogen-bond donors (Lipinski definition) is 0. The van der Waals surface area contributed by atoms with Gasteiger partial charge in [-0.25, -0.2) is 0 Å². The van der Waals surface area contributed by atoms with Crippen molar-refractivity contribution in [3.8, 4) is 0 Å². The molecule has 0 aromatic rings. The molecule has 2 fully saturated rings. The van der Waals surface area contributed by atoms with Gasteiger partial charge in [-0.3, -0.25) is 4.79 Å². The van der Waals surface area contributed by atoms with Gasteiger partial charge in [0.1, 0.15) is 6.10 Å². The van der Waals surface area contributed by atoms with Crippen LogP contribution in [-0.2, 0) is 14.3 Å². The van der Waals surface area contributed by atoms with Crippen molar-refractivity contribution in [1.82, 2.24) is 0 Å². The Kier molecular flexibility index (Phi) is 1.60. The van der Waals surface area contributed by atoms with Gasteiger partial charge >= 0.3 is 0 Å². The van der Waals surface area contributed by atoms with Gasteiger partial charge in [0.25, 0.3) is 6.47 Å². The number of hydrogen-bond acceptors (Lipinski definition) is 3. The summed E-state index contributed by atoms with van der Waals surface area (Å²) in [4.78, 5) is 10.0. The zero-order valence-electron chi connectivity index (χ0n) is 6.53. The van der Waals surface area contributed by atoms with E-state index >= 15 is 0 Å². The van der Waals surface area contributed by atoms with E-state index in [9.17, 15) is 4.79 Å². The highest BCUT2D eigenvalue weighted by Crippen LogP contribution is 2.41. The van der Waals surface area contributed by atoms with Crippen LogP contribution in [-0.4, -0.2) is 24.8 Å². The second kappa shape index (κ2) is 2.48. The normalized spacial score (nSPS) is 47.7. The number of epoxide rings is 1. The maximum atomic E-state index is 10.0. The minimum absolute atomic E-state index is 0.103. The van der Waals surface area contributed by atoms with Gasteiger partial charge in [0, 0.05) is 6.42 Å². The fraction of sp³-hybridized carbons (Fsp3) is 0.875. The lowest BCUT2D eigenvalue weighted by Crippen LogP contribution is -2.26. The lowest BCUT2D eigenvalue weighted by molar-refractivity contribution is -0.135. The van der Waals surface area contributed by atoms with Gasteiger partial charge in [0.15, 0.2) is 0 Å². The van der Waals surface area contributed by atoms with Crippen LogP contribution in [0.4, 0.5) is 0 Å². The van der Waals surface area contributed by atoms with Crippen LogP contribution in [0, 0.1) is 5.92 Å². The number of carbonyl (C=O) groups is 1. The molecule has 0 aromatic carbocycles. The fourth-order valence-electron chi connectivity index (χ4n) is 1.94. The topological polar surface area (TPSA) is 38.8 Å². The van der Waals surface area contributed by atoms with Crippen molar-refractivity contribution in [3.05, 3.63) is 0 Å². The largest absolute Gasteiger partial charge is 0.464 e. The Labute approximate surface area is 65.7 Å². The highest BCUT2D eigenvalue weighted by molar-refractivity contribution is 5.37. The van der Waals surface area contributed by atoms with E-state index in [4.69, 9.17) is 9.47 Å². The third kappa shape index (κ3) is 1.25. The zero-order valence-corrected chi connectivity index (χ0v) is 6.53. The molecule has 0 aromatic heterocycles. The van der Waals surface area contributed by atoms with Crippen LogP contribution in [0.2, 0.25) is 0 Å². The van der Waals surface area contributed by atoms with Crippen molar-refractivity contribution in [2.24, 2.45) is 5.92 Å². The Hall–Kier alpha value is -0.570. The summed E-state index contributed by atoms with van der Waals surface area (Å²) in [6.07, 6.45) is 2.80. The number of fused-ring (bicyclic) bond motifs is 1. The van der Waals surface area contributed by atoms with Gasteiger partial charge in [-0.15, -0.1) is 0 Å². The number of carbonyl (C=O) groups excluding carboxylic acids is 1. The predicted molar refractivity (Wildman–Crippen MR) is 38.0 cm³/mol. The van der Waals surface area contributed by atoms with Crippen LogP contribution in [0.25, 0.3) is 0 Å². The maximum absolute atomic E-state index is 10.0. The third-order valence-corrected chi connectivity index (χ3v) is 2.56. The van der Waals surface area contributed by atoms with Gasteiger partial charge in [-0.1, -0.05) is 6.92 Å². The maximum Gasteiger partial charge on any atom is 0.293 e. The Balaban J connectivity index is 1.89. The van der Waals surface area contributed by atoms with E-state index in [-0.39, 0.29) is 6.10 Å². The standard InChI is InChI=1S/C8H12O3/c1-5-2-6(10-4-9)3-7-8(5)11-7/h4-8H,2-3H2,1H3. The molecule has 1 aliphatic heterocycles. The van der Waals surface area contributed by atoms with Gasteiger partial charge in [0.2, 0.25) is 0 Å². The third-order valence-electron chi connectivity index (χ3n) is 2.56. The van der Waals surface area contributed by atoms with E-state index < -0.39 is 0 Å². The summed E-state index contributed by atoms with van der Waals surface area (Å²) >= 11 is 0. The van der Waals surface area contributed by atoms with Gasteiger partial charge in [0.05, 0.1) is 12.2 Å². The van der Waals surface area contributed by atoms with E-state index in [1.807, 2.05) is 0 Å². The summed E-state index contributed by atoms with van der Waals surface area (Å²) in [7, 11) is 0. The SMILES string of the molecule is CC1CC(OC=O)CC2OC12. The molecule has 0 spiro atoms. The average molecular weight is 156 g/mol. The van der Waals surface area contributed by atoms with Gasteiger partial charge in [-0.2, -0.15) is 0 Å². The van der Waals surface area contributed by atoms with E-state index in [2.05, 4.69) is 6.92 Å². The highest BCUT2D eigenvalue weighted by atomic mass is 16.6. The Morgan fingerprint density at radius 3 is 3.00 bits per heavy atom. The molecule has 1 aliphatic carbocycles. The Morgan fingerprint density at radius 1 is 1.55 bits per heavy atom. The molecule has 0 amide bonds. The number of ether oxygens (including phenoxy) is 2. The van der Waals surface area contributed by atoms with Crippen molar-refractivity contribution in [2.75, 3.05) is 0 Å². The molecule has 62 valence electrons. The molecule has 11 heavy (non-hydrogen) atoms. The van der Waals surface area contributed by atoms with Crippen LogP contribution < -0.4 is 0 Å². The predicted octanol–water partition coefficient (Wildman–Crippen LogP) is 0.725. The number of rotatable bonds is 2. The first-order valence-electron chi connectivity index (χ1n) is 4.06. The molecule has 2 aliphatic rings. The summed E-state index contributed by atoms with van der Waals surface area (Å²) in [6.45, 7) is 2.69. The second-order valence-electron chi connectivity index (χ2n) is 3.44. The van der Waals surface area contributed by atoms with Crippen LogP contribution in [0.3, 0.4) is 0 Å². The lowest BCUT2D eigenvalue weighted by Gasteiger charge is -2.21. The van der Waals surface area contributed by atoms with Crippen molar-refractivity contribution in [3.63, 3.8) is 0 Å². The summed E-state index contributed by atoms with van der Waals surface area (Å²) < 4.78 is 10.3. The first-order valence-corrected chi connectivity index (χ1v) is 4.06. The second-order valence-corrected chi connectivity index (χ2v) is 3.44. The van der Waals surface area contributed by atoms with Crippen molar-refractivity contribution in [2.45, 2.75) is 38.1 Å². The minimum Gasteiger partial charge on any atom is -0.464 e. The van der Waals surface area contributed by atoms with Crippen molar-refractivity contribution >= 4 is 6.47 Å². The fourth-order valence-corrected chi connectivity index (χ4v) is 1.94.